The van der Waals surface area contributed by atoms with Crippen molar-refractivity contribution in [2.24, 2.45) is 5.16 Å². The molecule has 4 aromatic carbocycles. The topological polar surface area (TPSA) is 114 Å². The van der Waals surface area contributed by atoms with Crippen LogP contribution in [0.2, 0.25) is 10.0 Å². The lowest BCUT2D eigenvalue weighted by atomic mass is 9.87. The third-order valence-electron chi connectivity index (χ3n) is 7.22. The highest BCUT2D eigenvalue weighted by Crippen LogP contribution is 2.30. The van der Waals surface area contributed by atoms with Gasteiger partial charge >= 0.3 is 5.97 Å². The zero-order chi connectivity index (χ0) is 31.3. The summed E-state index contributed by atoms with van der Waals surface area (Å²) in [4.78, 5) is 21.2. The molecule has 0 saturated carbocycles. The maximum atomic E-state index is 12.0. The second-order valence-corrected chi connectivity index (χ2v) is 11.1. The van der Waals surface area contributed by atoms with Crippen LogP contribution < -0.4 is 9.47 Å². The molecule has 10 heteroatoms. The highest BCUT2D eigenvalue weighted by molar-refractivity contribution is 6.38. The lowest BCUT2D eigenvalue weighted by Gasteiger charge is -2.18. The van der Waals surface area contributed by atoms with Crippen LogP contribution in [-0.2, 0) is 18.0 Å². The first-order chi connectivity index (χ1) is 21.9. The molecule has 45 heavy (non-hydrogen) atoms. The number of carboxylic acid groups (broad SMARTS) is 1. The molecule has 6 aromatic rings. The SMILES string of the molecule is O=C(O)/C(=N\O)C(c1ccc(OCc2ccc3ccc(Cl)cc3n2)cc1)c1ccc(OCc2ccc3ccc(Cl)cc3n2)cc1. The Balaban J connectivity index is 1.16. The molecule has 224 valence electrons. The molecule has 0 aliphatic rings. The molecule has 0 saturated heterocycles. The molecule has 2 N–H and O–H groups in total. The number of benzene rings is 4. The third-order valence-corrected chi connectivity index (χ3v) is 7.69. The quantitative estimate of drug-likeness (QED) is 0.0882. The van der Waals surface area contributed by atoms with Gasteiger partial charge in [-0.05, 0) is 71.8 Å². The number of halogens is 2. The first kappa shape index (κ1) is 29.9. The van der Waals surface area contributed by atoms with Gasteiger partial charge in [-0.15, -0.1) is 0 Å². The Bertz CT molecular complexity index is 1900. The number of fused-ring (bicyclic) bond motifs is 2. The van der Waals surface area contributed by atoms with Crippen molar-refractivity contribution in [1.29, 1.82) is 0 Å². The van der Waals surface area contributed by atoms with Crippen LogP contribution in [0.3, 0.4) is 0 Å². The normalized spacial score (nSPS) is 11.7. The van der Waals surface area contributed by atoms with Crippen LogP contribution in [0, 0.1) is 0 Å². The van der Waals surface area contributed by atoms with Gasteiger partial charge in [-0.3, -0.25) is 0 Å². The van der Waals surface area contributed by atoms with Crippen LogP contribution in [0.5, 0.6) is 11.5 Å². The van der Waals surface area contributed by atoms with Crippen molar-refractivity contribution in [2.75, 3.05) is 0 Å². The van der Waals surface area contributed by atoms with Crippen molar-refractivity contribution in [2.45, 2.75) is 19.1 Å². The summed E-state index contributed by atoms with van der Waals surface area (Å²) in [6.07, 6.45) is 0. The zero-order valence-corrected chi connectivity index (χ0v) is 25.1. The fraction of sp³-hybridized carbons (Fsp3) is 0.0857. The van der Waals surface area contributed by atoms with Crippen molar-refractivity contribution in [1.82, 2.24) is 9.97 Å². The smallest absolute Gasteiger partial charge is 0.354 e. The van der Waals surface area contributed by atoms with E-state index in [1.54, 1.807) is 60.7 Å². The number of aliphatic carboxylic acids is 1. The Morgan fingerprint density at radius 2 is 1.09 bits per heavy atom. The van der Waals surface area contributed by atoms with E-state index >= 15 is 0 Å². The van der Waals surface area contributed by atoms with Gasteiger partial charge in [0.1, 0.15) is 24.7 Å². The fourth-order valence-corrected chi connectivity index (χ4v) is 5.32. The average Bonchev–Trinajstić information content (AvgIpc) is 3.05. The van der Waals surface area contributed by atoms with Gasteiger partial charge in [0.05, 0.1) is 28.3 Å². The lowest BCUT2D eigenvalue weighted by molar-refractivity contribution is -0.129. The van der Waals surface area contributed by atoms with Gasteiger partial charge in [-0.25, -0.2) is 14.8 Å². The Hall–Kier alpha value is -5.18. The summed E-state index contributed by atoms with van der Waals surface area (Å²) >= 11 is 12.2. The number of carboxylic acids is 1. The van der Waals surface area contributed by atoms with Crippen LogP contribution >= 0.6 is 23.2 Å². The molecule has 2 aromatic heterocycles. The number of oxime groups is 1. The molecule has 8 nitrogen and oxygen atoms in total. The largest absolute Gasteiger partial charge is 0.487 e. The van der Waals surface area contributed by atoms with Crippen LogP contribution in [-0.4, -0.2) is 32.0 Å². The summed E-state index contributed by atoms with van der Waals surface area (Å²) < 4.78 is 11.9. The highest BCUT2D eigenvalue weighted by atomic mass is 35.5. The predicted octanol–water partition coefficient (Wildman–Crippen LogP) is 8.29. The van der Waals surface area contributed by atoms with E-state index in [0.29, 0.717) is 32.7 Å². The molecule has 6 rings (SSSR count). The van der Waals surface area contributed by atoms with Crippen molar-refractivity contribution in [3.05, 3.63) is 142 Å². The first-order valence-corrected chi connectivity index (χ1v) is 14.6. The monoisotopic (exact) mass is 637 g/mol. The summed E-state index contributed by atoms with van der Waals surface area (Å²) in [5, 5.41) is 25.7. The van der Waals surface area contributed by atoms with Gasteiger partial charge in [0, 0.05) is 20.8 Å². The van der Waals surface area contributed by atoms with E-state index in [0.717, 1.165) is 33.2 Å². The number of rotatable bonds is 10. The number of pyridine rings is 2. The lowest BCUT2D eigenvalue weighted by Crippen LogP contribution is -2.23. The molecular formula is C35H25Cl2N3O5. The molecule has 2 heterocycles. The molecule has 0 unspecified atom stereocenters. The number of nitrogens with zero attached hydrogens (tertiary/aromatic N) is 3. The molecule has 0 spiro atoms. The second-order valence-electron chi connectivity index (χ2n) is 10.2. The molecule has 0 radical (unpaired) electrons. The summed E-state index contributed by atoms with van der Waals surface area (Å²) in [6.45, 7) is 0.460. The van der Waals surface area contributed by atoms with Crippen LogP contribution in [0.1, 0.15) is 28.4 Å². The molecule has 0 amide bonds. The minimum Gasteiger partial charge on any atom is -0.487 e. The highest BCUT2D eigenvalue weighted by Gasteiger charge is 2.27. The van der Waals surface area contributed by atoms with Gasteiger partial charge < -0.3 is 19.8 Å². The minimum absolute atomic E-state index is 0.230. The van der Waals surface area contributed by atoms with Gasteiger partial charge in [-0.2, -0.15) is 0 Å². The summed E-state index contributed by atoms with van der Waals surface area (Å²) in [6, 6.07) is 32.6. The van der Waals surface area contributed by atoms with E-state index in [1.807, 2.05) is 48.5 Å². The second kappa shape index (κ2) is 13.2. The Kier molecular flexibility index (Phi) is 8.77. The molecule has 0 aliphatic heterocycles. The van der Waals surface area contributed by atoms with E-state index in [2.05, 4.69) is 15.1 Å². The number of carbonyl (C=O) groups is 1. The summed E-state index contributed by atoms with van der Waals surface area (Å²) in [5.74, 6) is -1.06. The van der Waals surface area contributed by atoms with E-state index in [4.69, 9.17) is 32.7 Å². The molecule has 0 atom stereocenters. The van der Waals surface area contributed by atoms with E-state index in [-0.39, 0.29) is 13.2 Å². The fourth-order valence-electron chi connectivity index (χ4n) is 4.99. The maximum Gasteiger partial charge on any atom is 0.354 e. The summed E-state index contributed by atoms with van der Waals surface area (Å²) in [5.41, 5.74) is 3.80. The predicted molar refractivity (Wildman–Crippen MR) is 174 cm³/mol. The number of ether oxygens (including phenoxy) is 2. The number of hydrogen-bond acceptors (Lipinski definition) is 7. The van der Waals surface area contributed by atoms with Gasteiger partial charge in [0.25, 0.3) is 0 Å². The van der Waals surface area contributed by atoms with E-state index < -0.39 is 17.6 Å². The Morgan fingerprint density at radius 1 is 0.667 bits per heavy atom. The summed E-state index contributed by atoms with van der Waals surface area (Å²) in [7, 11) is 0. The van der Waals surface area contributed by atoms with Crippen molar-refractivity contribution in [3.63, 3.8) is 0 Å². The zero-order valence-electron chi connectivity index (χ0n) is 23.6. The van der Waals surface area contributed by atoms with E-state index in [1.165, 1.54) is 0 Å². The van der Waals surface area contributed by atoms with Crippen molar-refractivity contribution >= 4 is 56.7 Å². The number of aromatic nitrogens is 2. The average molecular weight is 639 g/mol. The minimum atomic E-state index is -1.34. The van der Waals surface area contributed by atoms with E-state index in [9.17, 15) is 15.1 Å². The molecule has 0 fully saturated rings. The maximum absolute atomic E-state index is 12.0. The third kappa shape index (κ3) is 6.98. The Labute approximate surface area is 268 Å². The van der Waals surface area contributed by atoms with Crippen LogP contribution in [0.4, 0.5) is 0 Å². The van der Waals surface area contributed by atoms with Gasteiger partial charge in [0.15, 0.2) is 5.71 Å². The standard InChI is InChI=1S/C35H25Cl2N3O5/c36-25-9-1-21-3-11-27(38-31(21)17-25)19-44-29-13-5-23(6-14-29)33(34(40-43)35(41)42)24-7-15-30(16-8-24)45-20-28-12-4-22-2-10-26(37)18-32(22)39-28/h1-18,33,43H,19-20H2,(H,41,42)/b40-34-. The first-order valence-electron chi connectivity index (χ1n) is 13.9. The number of hydrogen-bond donors (Lipinski definition) is 2. The van der Waals surface area contributed by atoms with Gasteiger partial charge in [-0.1, -0.05) is 76.9 Å². The molecular weight excluding hydrogens is 613 g/mol. The van der Waals surface area contributed by atoms with Crippen molar-refractivity contribution < 1.29 is 24.6 Å². The van der Waals surface area contributed by atoms with Gasteiger partial charge in [0.2, 0.25) is 0 Å². The van der Waals surface area contributed by atoms with Crippen molar-refractivity contribution in [3.8, 4) is 11.5 Å². The van der Waals surface area contributed by atoms with Crippen LogP contribution in [0.15, 0.2) is 114 Å². The molecule has 0 aliphatic carbocycles. The van der Waals surface area contributed by atoms with Crippen LogP contribution in [0.25, 0.3) is 21.8 Å². The Morgan fingerprint density at radius 3 is 1.49 bits per heavy atom. The molecule has 0 bridgehead atoms.